The summed E-state index contributed by atoms with van der Waals surface area (Å²) in [6.45, 7) is 2.96. The topological polar surface area (TPSA) is 38.5 Å². The van der Waals surface area contributed by atoms with Crippen LogP contribution in [0.2, 0.25) is 0 Å². The molecule has 0 aromatic heterocycles. The van der Waals surface area contributed by atoms with Gasteiger partial charge in [0.05, 0.1) is 18.5 Å². The van der Waals surface area contributed by atoms with Crippen LogP contribution in [0.5, 0.6) is 5.75 Å². The zero-order valence-electron chi connectivity index (χ0n) is 9.66. The highest BCUT2D eigenvalue weighted by molar-refractivity contribution is 5.70. The molecule has 1 aliphatic rings. The number of nitrogens with zero attached hydrogens (tertiary/aromatic N) is 1. The van der Waals surface area contributed by atoms with Crippen molar-refractivity contribution in [2.75, 3.05) is 24.3 Å². The molecule has 0 unspecified atom stereocenters. The molecule has 1 aromatic carbocycles. The predicted molar refractivity (Wildman–Crippen MR) is 63.4 cm³/mol. The monoisotopic (exact) mass is 224 g/mol. The van der Waals surface area contributed by atoms with Gasteiger partial charge in [0.15, 0.2) is 11.6 Å². The first-order valence-corrected chi connectivity index (χ1v) is 5.57. The van der Waals surface area contributed by atoms with Gasteiger partial charge in [-0.05, 0) is 19.8 Å². The van der Waals surface area contributed by atoms with Crippen LogP contribution in [-0.4, -0.2) is 19.7 Å². The molecule has 1 aliphatic carbocycles. The fraction of sp³-hybridized carbons (Fsp3) is 0.500. The van der Waals surface area contributed by atoms with E-state index < -0.39 is 5.82 Å². The zero-order valence-corrected chi connectivity index (χ0v) is 9.66. The first-order chi connectivity index (χ1) is 7.67. The molecular formula is C12H17FN2O. The lowest BCUT2D eigenvalue weighted by molar-refractivity contribution is 0.386. The van der Waals surface area contributed by atoms with Gasteiger partial charge in [0.25, 0.3) is 0 Å². The summed E-state index contributed by atoms with van der Waals surface area (Å²) in [7, 11) is 1.46. The van der Waals surface area contributed by atoms with Gasteiger partial charge in [-0.3, -0.25) is 0 Å². The van der Waals surface area contributed by atoms with Crippen LogP contribution in [0, 0.1) is 5.82 Å². The van der Waals surface area contributed by atoms with Crippen LogP contribution < -0.4 is 15.4 Å². The second-order valence-electron chi connectivity index (χ2n) is 4.06. The molecule has 0 spiro atoms. The van der Waals surface area contributed by atoms with Gasteiger partial charge in [0.2, 0.25) is 0 Å². The first kappa shape index (κ1) is 11.0. The van der Waals surface area contributed by atoms with E-state index in [0.29, 0.717) is 11.7 Å². The number of methoxy groups -OCH3 is 1. The lowest BCUT2D eigenvalue weighted by atomic mass is 10.2. The van der Waals surface area contributed by atoms with E-state index in [9.17, 15) is 4.39 Å². The van der Waals surface area contributed by atoms with Crippen molar-refractivity contribution in [3.63, 3.8) is 0 Å². The molecule has 88 valence electrons. The molecule has 1 fully saturated rings. The number of hydrogen-bond donors (Lipinski definition) is 1. The Morgan fingerprint density at radius 2 is 2.19 bits per heavy atom. The van der Waals surface area contributed by atoms with E-state index >= 15 is 0 Å². The van der Waals surface area contributed by atoms with E-state index in [1.165, 1.54) is 26.0 Å². The van der Waals surface area contributed by atoms with Crippen LogP contribution in [0.15, 0.2) is 12.1 Å². The minimum absolute atomic E-state index is 0.253. The van der Waals surface area contributed by atoms with Gasteiger partial charge in [0.1, 0.15) is 0 Å². The van der Waals surface area contributed by atoms with Crippen LogP contribution in [0.4, 0.5) is 15.8 Å². The van der Waals surface area contributed by atoms with Crippen LogP contribution in [-0.2, 0) is 0 Å². The minimum atomic E-state index is -0.407. The van der Waals surface area contributed by atoms with Crippen LogP contribution in [0.25, 0.3) is 0 Å². The number of benzene rings is 1. The summed E-state index contributed by atoms with van der Waals surface area (Å²) >= 11 is 0. The maximum Gasteiger partial charge on any atom is 0.167 e. The zero-order chi connectivity index (χ0) is 11.7. The lowest BCUT2D eigenvalue weighted by Crippen LogP contribution is -2.26. The van der Waals surface area contributed by atoms with Crippen molar-refractivity contribution >= 4 is 11.4 Å². The smallest absolute Gasteiger partial charge is 0.167 e. The highest BCUT2D eigenvalue weighted by Crippen LogP contribution is 2.37. The Bertz CT molecular complexity index is 391. The molecule has 1 saturated carbocycles. The lowest BCUT2D eigenvalue weighted by Gasteiger charge is -2.25. The molecule has 1 aromatic rings. The predicted octanol–water partition coefficient (Wildman–Crippen LogP) is 2.41. The van der Waals surface area contributed by atoms with Gasteiger partial charge in [0, 0.05) is 24.7 Å². The van der Waals surface area contributed by atoms with Gasteiger partial charge in [-0.2, -0.15) is 0 Å². The molecule has 0 radical (unpaired) electrons. The normalized spacial score (nSPS) is 14.9. The summed E-state index contributed by atoms with van der Waals surface area (Å²) in [5.74, 6) is -0.154. The van der Waals surface area contributed by atoms with E-state index in [4.69, 9.17) is 10.5 Å². The third-order valence-electron chi connectivity index (χ3n) is 2.94. The summed E-state index contributed by atoms with van der Waals surface area (Å²) in [6.07, 6.45) is 2.37. The van der Waals surface area contributed by atoms with Crippen molar-refractivity contribution < 1.29 is 9.13 Å². The van der Waals surface area contributed by atoms with E-state index in [0.717, 1.165) is 12.2 Å². The first-order valence-electron chi connectivity index (χ1n) is 5.57. The van der Waals surface area contributed by atoms with Crippen LogP contribution in [0.1, 0.15) is 19.8 Å². The number of nitrogens with two attached hydrogens (primary N) is 1. The van der Waals surface area contributed by atoms with E-state index in [2.05, 4.69) is 11.8 Å². The Kier molecular flexibility index (Phi) is 2.90. The number of halogens is 1. The highest BCUT2D eigenvalue weighted by atomic mass is 19.1. The Morgan fingerprint density at radius 1 is 1.50 bits per heavy atom. The van der Waals surface area contributed by atoms with Crippen LogP contribution >= 0.6 is 0 Å². The van der Waals surface area contributed by atoms with Gasteiger partial charge in [-0.25, -0.2) is 4.39 Å². The second kappa shape index (κ2) is 4.20. The molecule has 2 N–H and O–H groups in total. The standard InChI is InChI=1S/C12H17FN2O/c1-3-15(8-4-5-8)11-7-12(16-2)9(13)6-10(11)14/h6-8H,3-5,14H2,1-2H3. The molecule has 0 heterocycles. The van der Waals surface area contributed by atoms with Crippen molar-refractivity contribution in [3.05, 3.63) is 17.9 Å². The fourth-order valence-electron chi connectivity index (χ4n) is 1.97. The molecule has 0 amide bonds. The summed E-state index contributed by atoms with van der Waals surface area (Å²) in [4.78, 5) is 2.21. The van der Waals surface area contributed by atoms with Crippen molar-refractivity contribution in [3.8, 4) is 5.75 Å². The summed E-state index contributed by atoms with van der Waals surface area (Å²) in [6, 6.07) is 3.58. The van der Waals surface area contributed by atoms with Crippen molar-refractivity contribution in [1.29, 1.82) is 0 Å². The van der Waals surface area contributed by atoms with Gasteiger partial charge < -0.3 is 15.4 Å². The Balaban J connectivity index is 2.38. The summed E-state index contributed by atoms with van der Waals surface area (Å²) < 4.78 is 18.4. The maximum atomic E-state index is 13.4. The van der Waals surface area contributed by atoms with Crippen LogP contribution in [0.3, 0.4) is 0 Å². The number of ether oxygens (including phenoxy) is 1. The quantitative estimate of drug-likeness (QED) is 0.798. The molecule has 3 nitrogen and oxygen atoms in total. The summed E-state index contributed by atoms with van der Waals surface area (Å²) in [5, 5.41) is 0. The van der Waals surface area contributed by atoms with Gasteiger partial charge >= 0.3 is 0 Å². The fourth-order valence-corrected chi connectivity index (χ4v) is 1.97. The van der Waals surface area contributed by atoms with E-state index in [1.807, 2.05) is 0 Å². The molecule has 16 heavy (non-hydrogen) atoms. The second-order valence-corrected chi connectivity index (χ2v) is 4.06. The Hall–Kier alpha value is -1.45. The van der Waals surface area contributed by atoms with E-state index in [-0.39, 0.29) is 5.75 Å². The molecule has 0 atom stereocenters. The molecule has 4 heteroatoms. The number of hydrogen-bond acceptors (Lipinski definition) is 3. The SMILES string of the molecule is CCN(c1cc(OC)c(F)cc1N)C1CC1. The number of anilines is 2. The van der Waals surface area contributed by atoms with Gasteiger partial charge in [-0.1, -0.05) is 0 Å². The molecular weight excluding hydrogens is 207 g/mol. The Morgan fingerprint density at radius 3 is 2.69 bits per heavy atom. The molecule has 2 rings (SSSR count). The van der Waals surface area contributed by atoms with Gasteiger partial charge in [-0.15, -0.1) is 0 Å². The maximum absolute atomic E-state index is 13.4. The number of nitrogen functional groups attached to an aromatic ring is 1. The van der Waals surface area contributed by atoms with Crippen molar-refractivity contribution in [2.45, 2.75) is 25.8 Å². The van der Waals surface area contributed by atoms with Crippen molar-refractivity contribution in [2.24, 2.45) is 0 Å². The third-order valence-corrected chi connectivity index (χ3v) is 2.94. The highest BCUT2D eigenvalue weighted by Gasteiger charge is 2.29. The Labute approximate surface area is 95.0 Å². The average molecular weight is 224 g/mol. The summed E-state index contributed by atoms with van der Waals surface area (Å²) in [5.41, 5.74) is 7.21. The van der Waals surface area contributed by atoms with E-state index in [1.54, 1.807) is 6.07 Å². The molecule has 0 aliphatic heterocycles. The minimum Gasteiger partial charge on any atom is -0.494 e. The number of rotatable bonds is 4. The molecule has 0 bridgehead atoms. The average Bonchev–Trinajstić information content (AvgIpc) is 3.06. The van der Waals surface area contributed by atoms with Crippen molar-refractivity contribution in [1.82, 2.24) is 0 Å². The largest absolute Gasteiger partial charge is 0.494 e. The third kappa shape index (κ3) is 1.92. The molecule has 0 saturated heterocycles.